The van der Waals surface area contributed by atoms with Crippen LogP contribution in [0.15, 0.2) is 24.3 Å². The molecule has 0 unspecified atom stereocenters. The second kappa shape index (κ2) is 5.82. The number of aryl methyl sites for hydroxylation is 1. The molecule has 0 atom stereocenters. The quantitative estimate of drug-likeness (QED) is 0.556. The van der Waals surface area contributed by atoms with Crippen molar-refractivity contribution in [3.63, 3.8) is 0 Å². The van der Waals surface area contributed by atoms with Crippen LogP contribution < -0.4 is 0 Å². The lowest BCUT2D eigenvalue weighted by Gasteiger charge is -2.02. The minimum atomic E-state index is -0.241. The van der Waals surface area contributed by atoms with Crippen LogP contribution in [-0.2, 0) is 16.0 Å². The molecule has 0 aliphatic carbocycles. The van der Waals surface area contributed by atoms with Crippen LogP contribution in [0.25, 0.3) is 0 Å². The Bertz CT molecular complexity index is 362. The van der Waals surface area contributed by atoms with E-state index in [-0.39, 0.29) is 5.97 Å². The van der Waals surface area contributed by atoms with Gasteiger partial charge < -0.3 is 4.74 Å². The summed E-state index contributed by atoms with van der Waals surface area (Å²) in [6.07, 6.45) is 1.67. The van der Waals surface area contributed by atoms with Crippen LogP contribution in [0.2, 0.25) is 0 Å². The van der Waals surface area contributed by atoms with Crippen molar-refractivity contribution in [3.8, 4) is 6.07 Å². The molecule has 0 aliphatic rings. The predicted octanol–water partition coefficient (Wildman–Crippen LogP) is 2.05. The molecule has 0 aliphatic heterocycles. The number of benzene rings is 1. The highest BCUT2D eigenvalue weighted by Crippen LogP contribution is 2.05. The lowest BCUT2D eigenvalue weighted by Crippen LogP contribution is -2.01. The number of nitrogens with zero attached hydrogens (tertiary/aromatic N) is 1. The number of nitriles is 1. The summed E-state index contributed by atoms with van der Waals surface area (Å²) in [5, 5.41) is 8.60. The Kier molecular flexibility index (Phi) is 4.36. The Labute approximate surface area is 89.3 Å². The Morgan fingerprint density at radius 2 is 2.07 bits per heavy atom. The topological polar surface area (TPSA) is 50.1 Å². The molecule has 15 heavy (non-hydrogen) atoms. The molecule has 78 valence electrons. The van der Waals surface area contributed by atoms with Gasteiger partial charge in [-0.05, 0) is 30.5 Å². The Balaban J connectivity index is 2.32. The number of rotatable bonds is 4. The summed E-state index contributed by atoms with van der Waals surface area (Å²) in [5.74, 6) is -0.241. The highest BCUT2D eigenvalue weighted by Gasteiger charge is 1.96. The van der Waals surface area contributed by atoms with E-state index < -0.39 is 0 Å². The first-order valence-electron chi connectivity index (χ1n) is 4.85. The molecule has 0 bridgehead atoms. The van der Waals surface area contributed by atoms with E-state index >= 15 is 0 Å². The summed E-state index contributed by atoms with van der Waals surface area (Å²) in [4.78, 5) is 10.5. The molecular formula is C12H13NO2. The Morgan fingerprint density at radius 3 is 2.60 bits per heavy atom. The van der Waals surface area contributed by atoms with Crippen LogP contribution in [0, 0.1) is 11.3 Å². The van der Waals surface area contributed by atoms with Gasteiger partial charge in [0.25, 0.3) is 0 Å². The lowest BCUT2D eigenvalue weighted by atomic mass is 10.1. The zero-order valence-electron chi connectivity index (χ0n) is 8.69. The molecule has 1 rings (SSSR count). The third kappa shape index (κ3) is 4.28. The van der Waals surface area contributed by atoms with Crippen LogP contribution >= 0.6 is 0 Å². The second-order valence-corrected chi connectivity index (χ2v) is 3.25. The molecular weight excluding hydrogens is 190 g/mol. The van der Waals surface area contributed by atoms with E-state index in [2.05, 4.69) is 6.07 Å². The number of ether oxygens (including phenoxy) is 1. The van der Waals surface area contributed by atoms with Crippen molar-refractivity contribution in [2.75, 3.05) is 6.61 Å². The van der Waals surface area contributed by atoms with E-state index in [9.17, 15) is 4.79 Å². The highest BCUT2D eigenvalue weighted by atomic mass is 16.5. The van der Waals surface area contributed by atoms with Gasteiger partial charge in [-0.15, -0.1) is 0 Å². The van der Waals surface area contributed by atoms with E-state index in [1.165, 1.54) is 6.92 Å². The first-order chi connectivity index (χ1) is 7.22. The van der Waals surface area contributed by atoms with E-state index in [0.717, 1.165) is 18.4 Å². The van der Waals surface area contributed by atoms with E-state index in [4.69, 9.17) is 10.00 Å². The summed E-state index contributed by atoms with van der Waals surface area (Å²) in [7, 11) is 0. The van der Waals surface area contributed by atoms with Gasteiger partial charge in [0.1, 0.15) is 0 Å². The van der Waals surface area contributed by atoms with Crippen molar-refractivity contribution in [3.05, 3.63) is 35.4 Å². The van der Waals surface area contributed by atoms with Gasteiger partial charge in [-0.3, -0.25) is 4.79 Å². The monoisotopic (exact) mass is 203 g/mol. The third-order valence-corrected chi connectivity index (χ3v) is 2.00. The fraction of sp³-hybridized carbons (Fsp3) is 0.333. The van der Waals surface area contributed by atoms with Crippen LogP contribution in [0.5, 0.6) is 0 Å². The summed E-state index contributed by atoms with van der Waals surface area (Å²) in [6.45, 7) is 1.86. The molecule has 3 nitrogen and oxygen atoms in total. The third-order valence-electron chi connectivity index (χ3n) is 2.00. The van der Waals surface area contributed by atoms with Crippen LogP contribution in [0.3, 0.4) is 0 Å². The minimum Gasteiger partial charge on any atom is -0.466 e. The predicted molar refractivity (Wildman–Crippen MR) is 56.1 cm³/mol. The fourth-order valence-electron chi connectivity index (χ4n) is 1.24. The van der Waals surface area contributed by atoms with Crippen LogP contribution in [0.1, 0.15) is 24.5 Å². The molecule has 0 radical (unpaired) electrons. The van der Waals surface area contributed by atoms with Crippen LogP contribution in [0.4, 0.5) is 0 Å². The second-order valence-electron chi connectivity index (χ2n) is 3.25. The van der Waals surface area contributed by atoms with Crippen molar-refractivity contribution in [2.45, 2.75) is 19.8 Å². The first kappa shape index (κ1) is 11.3. The van der Waals surface area contributed by atoms with Gasteiger partial charge in [0, 0.05) is 6.92 Å². The maximum Gasteiger partial charge on any atom is 0.302 e. The van der Waals surface area contributed by atoms with E-state index in [1.807, 2.05) is 12.1 Å². The minimum absolute atomic E-state index is 0.241. The fourth-order valence-corrected chi connectivity index (χ4v) is 1.24. The smallest absolute Gasteiger partial charge is 0.302 e. The number of hydrogen-bond acceptors (Lipinski definition) is 3. The van der Waals surface area contributed by atoms with Crippen molar-refractivity contribution in [1.82, 2.24) is 0 Å². The first-order valence-corrected chi connectivity index (χ1v) is 4.85. The number of carbonyl (C=O) groups is 1. The lowest BCUT2D eigenvalue weighted by molar-refractivity contribution is -0.141. The number of hydrogen-bond donors (Lipinski definition) is 0. The van der Waals surface area contributed by atoms with Gasteiger partial charge in [0.15, 0.2) is 0 Å². The normalized spacial score (nSPS) is 9.33. The molecule has 0 spiro atoms. The van der Waals surface area contributed by atoms with Gasteiger partial charge in [0.2, 0.25) is 0 Å². The number of carbonyl (C=O) groups excluding carboxylic acids is 1. The maximum absolute atomic E-state index is 10.5. The number of esters is 1. The van der Waals surface area contributed by atoms with Gasteiger partial charge in [0.05, 0.1) is 18.2 Å². The van der Waals surface area contributed by atoms with Gasteiger partial charge in [-0.2, -0.15) is 5.26 Å². The molecule has 0 N–H and O–H groups in total. The average molecular weight is 203 g/mol. The Morgan fingerprint density at radius 1 is 1.40 bits per heavy atom. The van der Waals surface area contributed by atoms with Crippen molar-refractivity contribution in [2.24, 2.45) is 0 Å². The molecule has 0 fully saturated rings. The van der Waals surface area contributed by atoms with Crippen molar-refractivity contribution >= 4 is 5.97 Å². The average Bonchev–Trinajstić information content (AvgIpc) is 2.25. The summed E-state index contributed by atoms with van der Waals surface area (Å²) >= 11 is 0. The largest absolute Gasteiger partial charge is 0.466 e. The van der Waals surface area contributed by atoms with Gasteiger partial charge >= 0.3 is 5.97 Å². The molecule has 0 amide bonds. The zero-order valence-corrected chi connectivity index (χ0v) is 8.69. The summed E-state index contributed by atoms with van der Waals surface area (Å²) in [6, 6.07) is 9.50. The van der Waals surface area contributed by atoms with Gasteiger partial charge in [-0.25, -0.2) is 0 Å². The molecule has 0 saturated heterocycles. The molecule has 1 aromatic rings. The molecule has 1 aromatic carbocycles. The SMILES string of the molecule is CC(=O)OCCCc1ccc(C#N)cc1. The zero-order chi connectivity index (χ0) is 11.1. The van der Waals surface area contributed by atoms with E-state index in [0.29, 0.717) is 12.2 Å². The van der Waals surface area contributed by atoms with Crippen LogP contribution in [-0.4, -0.2) is 12.6 Å². The highest BCUT2D eigenvalue weighted by molar-refractivity contribution is 5.65. The standard InChI is InChI=1S/C12H13NO2/c1-10(14)15-8-2-3-11-4-6-12(9-13)7-5-11/h4-7H,2-3,8H2,1H3. The van der Waals surface area contributed by atoms with Crippen molar-refractivity contribution < 1.29 is 9.53 Å². The summed E-state index contributed by atoms with van der Waals surface area (Å²) < 4.78 is 4.82. The maximum atomic E-state index is 10.5. The molecule has 0 saturated carbocycles. The van der Waals surface area contributed by atoms with E-state index in [1.54, 1.807) is 12.1 Å². The van der Waals surface area contributed by atoms with Gasteiger partial charge in [-0.1, -0.05) is 12.1 Å². The molecule has 3 heteroatoms. The molecule has 0 heterocycles. The summed E-state index contributed by atoms with van der Waals surface area (Å²) in [5.41, 5.74) is 1.82. The molecule has 0 aromatic heterocycles. The van der Waals surface area contributed by atoms with Crippen molar-refractivity contribution in [1.29, 1.82) is 5.26 Å². The Hall–Kier alpha value is -1.82.